The summed E-state index contributed by atoms with van der Waals surface area (Å²) in [6.45, 7) is -1.43. The van der Waals surface area contributed by atoms with Gasteiger partial charge in [-0.25, -0.2) is 0 Å². The van der Waals surface area contributed by atoms with Crippen LogP contribution in [0.2, 0.25) is 0 Å². The van der Waals surface area contributed by atoms with Crippen molar-refractivity contribution < 1.29 is 28.2 Å². The number of halogens is 2. The molecule has 7 heteroatoms. The van der Waals surface area contributed by atoms with Crippen molar-refractivity contribution >= 4 is 11.6 Å². The average Bonchev–Trinajstić information content (AvgIpc) is 2.38. The Morgan fingerprint density at radius 2 is 2.15 bits per heavy atom. The van der Waals surface area contributed by atoms with Crippen LogP contribution in [0.5, 0.6) is 11.5 Å². The Kier molecular flexibility index (Phi) is 6.17. The van der Waals surface area contributed by atoms with E-state index in [9.17, 15) is 13.6 Å². The molecule has 1 unspecified atom stereocenters. The Hall–Kier alpha value is -1.89. The van der Waals surface area contributed by atoms with Crippen molar-refractivity contribution in [2.75, 3.05) is 12.4 Å². The van der Waals surface area contributed by atoms with Gasteiger partial charge in [-0.05, 0) is 25.5 Å². The van der Waals surface area contributed by atoms with Gasteiger partial charge in [0.1, 0.15) is 11.5 Å². The maximum atomic E-state index is 12.3. The van der Waals surface area contributed by atoms with Gasteiger partial charge in [-0.1, -0.05) is 0 Å². The first-order valence-electron chi connectivity index (χ1n) is 6.03. The third-order valence-corrected chi connectivity index (χ3v) is 2.47. The van der Waals surface area contributed by atoms with Crippen LogP contribution in [-0.2, 0) is 4.79 Å². The van der Waals surface area contributed by atoms with Gasteiger partial charge in [-0.3, -0.25) is 4.79 Å². The van der Waals surface area contributed by atoms with E-state index in [4.69, 9.17) is 9.84 Å². The van der Waals surface area contributed by atoms with Gasteiger partial charge in [0.2, 0.25) is 5.91 Å². The van der Waals surface area contributed by atoms with Crippen LogP contribution < -0.4 is 14.8 Å². The standard InChI is InChI=1S/C13H17F2NO4/c1-8(17)3-6-12(18)16-10-7-9(19-2)4-5-11(10)20-13(14)15/h4-5,7-8,13,17H,3,6H2,1-2H3,(H,16,18). The highest BCUT2D eigenvalue weighted by Gasteiger charge is 2.13. The monoisotopic (exact) mass is 289 g/mol. The lowest BCUT2D eigenvalue weighted by atomic mass is 10.2. The largest absolute Gasteiger partial charge is 0.497 e. The van der Waals surface area contributed by atoms with Crippen molar-refractivity contribution in [1.29, 1.82) is 0 Å². The van der Waals surface area contributed by atoms with E-state index in [1.807, 2.05) is 0 Å². The maximum absolute atomic E-state index is 12.3. The molecular weight excluding hydrogens is 272 g/mol. The van der Waals surface area contributed by atoms with E-state index in [1.165, 1.54) is 25.3 Å². The zero-order valence-electron chi connectivity index (χ0n) is 11.2. The summed E-state index contributed by atoms with van der Waals surface area (Å²) >= 11 is 0. The van der Waals surface area contributed by atoms with Gasteiger partial charge in [-0.15, -0.1) is 0 Å². The number of benzene rings is 1. The number of amides is 1. The smallest absolute Gasteiger partial charge is 0.387 e. The van der Waals surface area contributed by atoms with Gasteiger partial charge in [0.25, 0.3) is 0 Å². The van der Waals surface area contributed by atoms with Crippen molar-refractivity contribution in [3.8, 4) is 11.5 Å². The molecule has 0 aliphatic carbocycles. The molecule has 1 amide bonds. The Balaban J connectivity index is 2.81. The summed E-state index contributed by atoms with van der Waals surface area (Å²) in [5.41, 5.74) is 0.0974. The number of rotatable bonds is 7. The highest BCUT2D eigenvalue weighted by Crippen LogP contribution is 2.30. The predicted molar refractivity (Wildman–Crippen MR) is 69.2 cm³/mol. The van der Waals surface area contributed by atoms with Crippen LogP contribution in [0.1, 0.15) is 19.8 Å². The van der Waals surface area contributed by atoms with Crippen molar-refractivity contribution in [2.45, 2.75) is 32.5 Å². The molecule has 0 bridgehead atoms. The van der Waals surface area contributed by atoms with E-state index in [2.05, 4.69) is 10.1 Å². The zero-order chi connectivity index (χ0) is 15.1. The Bertz CT molecular complexity index is 452. The van der Waals surface area contributed by atoms with Gasteiger partial charge in [0.05, 0.1) is 18.9 Å². The summed E-state index contributed by atoms with van der Waals surface area (Å²) in [6, 6.07) is 4.12. The fraction of sp³-hybridized carbons (Fsp3) is 0.462. The van der Waals surface area contributed by atoms with E-state index in [1.54, 1.807) is 6.92 Å². The first kappa shape index (κ1) is 16.2. The summed E-state index contributed by atoms with van der Waals surface area (Å²) in [7, 11) is 1.42. The second kappa shape index (κ2) is 7.64. The molecule has 0 radical (unpaired) electrons. The first-order chi connectivity index (χ1) is 9.42. The normalized spacial score (nSPS) is 12.1. The number of ether oxygens (including phenoxy) is 2. The number of carbonyl (C=O) groups is 1. The minimum absolute atomic E-state index is 0.0724. The SMILES string of the molecule is COc1ccc(OC(F)F)c(NC(=O)CCC(C)O)c1. The van der Waals surface area contributed by atoms with E-state index in [-0.39, 0.29) is 24.3 Å². The molecule has 2 N–H and O–H groups in total. The molecule has 0 aliphatic rings. The molecule has 0 spiro atoms. The molecule has 0 fully saturated rings. The van der Waals surface area contributed by atoms with Crippen LogP contribution in [0.3, 0.4) is 0 Å². The predicted octanol–water partition coefficient (Wildman–Crippen LogP) is 2.40. The van der Waals surface area contributed by atoms with Crippen LogP contribution in [0, 0.1) is 0 Å². The molecule has 1 atom stereocenters. The summed E-state index contributed by atoms with van der Waals surface area (Å²) in [4.78, 5) is 11.6. The molecule has 1 aromatic rings. The van der Waals surface area contributed by atoms with Gasteiger partial charge < -0.3 is 19.9 Å². The number of hydrogen-bond acceptors (Lipinski definition) is 4. The second-order valence-electron chi connectivity index (χ2n) is 4.18. The fourth-order valence-electron chi connectivity index (χ4n) is 1.49. The quantitative estimate of drug-likeness (QED) is 0.808. The molecule has 112 valence electrons. The molecule has 0 saturated carbocycles. The maximum Gasteiger partial charge on any atom is 0.387 e. The van der Waals surface area contributed by atoms with Crippen LogP contribution >= 0.6 is 0 Å². The molecule has 0 aliphatic heterocycles. The third-order valence-electron chi connectivity index (χ3n) is 2.47. The Labute approximate surface area is 115 Å². The van der Waals surface area contributed by atoms with E-state index >= 15 is 0 Å². The van der Waals surface area contributed by atoms with Crippen LogP contribution in [-0.4, -0.2) is 30.8 Å². The zero-order valence-corrected chi connectivity index (χ0v) is 11.2. The van der Waals surface area contributed by atoms with Crippen LogP contribution in [0.15, 0.2) is 18.2 Å². The third kappa shape index (κ3) is 5.40. The van der Waals surface area contributed by atoms with Gasteiger partial charge in [-0.2, -0.15) is 8.78 Å². The number of methoxy groups -OCH3 is 1. The molecular formula is C13H17F2NO4. The fourth-order valence-corrected chi connectivity index (χ4v) is 1.49. The molecule has 0 heterocycles. The number of carbonyl (C=O) groups excluding carboxylic acids is 1. The lowest BCUT2D eigenvalue weighted by Crippen LogP contribution is -2.15. The van der Waals surface area contributed by atoms with Crippen molar-refractivity contribution in [3.63, 3.8) is 0 Å². The number of aliphatic hydroxyl groups excluding tert-OH is 1. The minimum Gasteiger partial charge on any atom is -0.497 e. The number of aliphatic hydroxyl groups is 1. The molecule has 1 rings (SSSR count). The molecule has 0 saturated heterocycles. The lowest BCUT2D eigenvalue weighted by molar-refractivity contribution is -0.116. The van der Waals surface area contributed by atoms with Gasteiger partial charge in [0.15, 0.2) is 0 Å². The second-order valence-corrected chi connectivity index (χ2v) is 4.18. The van der Waals surface area contributed by atoms with Crippen molar-refractivity contribution in [3.05, 3.63) is 18.2 Å². The Morgan fingerprint density at radius 1 is 1.45 bits per heavy atom. The molecule has 5 nitrogen and oxygen atoms in total. The Morgan fingerprint density at radius 3 is 2.70 bits per heavy atom. The first-order valence-corrected chi connectivity index (χ1v) is 6.03. The number of anilines is 1. The topological polar surface area (TPSA) is 67.8 Å². The van der Waals surface area contributed by atoms with Gasteiger partial charge in [0, 0.05) is 12.5 Å². The average molecular weight is 289 g/mol. The van der Waals surface area contributed by atoms with Crippen LogP contribution in [0.25, 0.3) is 0 Å². The summed E-state index contributed by atoms with van der Waals surface area (Å²) in [6.07, 6.45) is -0.257. The van der Waals surface area contributed by atoms with Gasteiger partial charge >= 0.3 is 6.61 Å². The van der Waals surface area contributed by atoms with E-state index < -0.39 is 18.6 Å². The van der Waals surface area contributed by atoms with E-state index in [0.29, 0.717) is 5.75 Å². The highest BCUT2D eigenvalue weighted by molar-refractivity contribution is 5.92. The van der Waals surface area contributed by atoms with Crippen molar-refractivity contribution in [2.24, 2.45) is 0 Å². The summed E-state index contributed by atoms with van der Waals surface area (Å²) < 4.78 is 33.8. The lowest BCUT2D eigenvalue weighted by Gasteiger charge is -2.13. The minimum atomic E-state index is -2.99. The molecule has 1 aromatic carbocycles. The number of hydrogen-bond donors (Lipinski definition) is 2. The number of alkyl halides is 2. The summed E-state index contributed by atoms with van der Waals surface area (Å²) in [5, 5.41) is 11.6. The molecule has 20 heavy (non-hydrogen) atoms. The van der Waals surface area contributed by atoms with Crippen molar-refractivity contribution in [1.82, 2.24) is 0 Å². The van der Waals surface area contributed by atoms with Crippen LogP contribution in [0.4, 0.5) is 14.5 Å². The van der Waals surface area contributed by atoms with E-state index in [0.717, 1.165) is 0 Å². The molecule has 0 aromatic heterocycles. The summed E-state index contributed by atoms with van der Waals surface area (Å²) in [5.74, 6) is -0.151. The highest BCUT2D eigenvalue weighted by atomic mass is 19.3. The number of nitrogens with one attached hydrogen (secondary N) is 1.